The molecule has 0 aromatic heterocycles. The zero-order valence-electron chi connectivity index (χ0n) is 11.5. The van der Waals surface area contributed by atoms with Crippen LogP contribution in [0, 0.1) is 0 Å². The first-order chi connectivity index (χ1) is 9.30. The molecule has 0 saturated carbocycles. The fourth-order valence-electron chi connectivity index (χ4n) is 2.04. The van der Waals surface area contributed by atoms with Crippen molar-refractivity contribution in [2.24, 2.45) is 5.73 Å². The number of nitrogens with two attached hydrogens (primary N) is 1. The summed E-state index contributed by atoms with van der Waals surface area (Å²) >= 11 is 0. The third-order valence-electron chi connectivity index (χ3n) is 3.36. The minimum atomic E-state index is -4.22. The molecule has 1 aromatic rings. The van der Waals surface area contributed by atoms with Crippen molar-refractivity contribution in [3.8, 4) is 0 Å². The van der Waals surface area contributed by atoms with Crippen LogP contribution in [0.15, 0.2) is 30.3 Å². The van der Waals surface area contributed by atoms with Crippen LogP contribution in [0.5, 0.6) is 0 Å². The third kappa shape index (κ3) is 5.11. The highest BCUT2D eigenvalue weighted by molar-refractivity contribution is 5.24. The average Bonchev–Trinajstić information content (AvgIpc) is 2.42. The molecule has 1 unspecified atom stereocenters. The van der Waals surface area contributed by atoms with Crippen LogP contribution in [0.2, 0.25) is 0 Å². The molecule has 1 atom stereocenters. The van der Waals surface area contributed by atoms with Crippen molar-refractivity contribution in [2.45, 2.75) is 25.1 Å². The number of hydrogen-bond donors (Lipinski definition) is 2. The maximum atomic E-state index is 12.4. The van der Waals surface area contributed by atoms with Gasteiger partial charge in [0.1, 0.15) is 0 Å². The Kier molecular flexibility index (Phi) is 5.98. The number of halogens is 3. The second-order valence-electron chi connectivity index (χ2n) is 4.91. The van der Waals surface area contributed by atoms with E-state index < -0.39 is 18.3 Å². The van der Waals surface area contributed by atoms with Crippen LogP contribution in [0.4, 0.5) is 13.2 Å². The summed E-state index contributed by atoms with van der Waals surface area (Å²) in [7, 11) is 0. The number of aliphatic hydroxyl groups is 1. The molecule has 20 heavy (non-hydrogen) atoms. The van der Waals surface area contributed by atoms with E-state index in [1.54, 1.807) is 31.2 Å². The molecule has 114 valence electrons. The van der Waals surface area contributed by atoms with Crippen molar-refractivity contribution >= 4 is 0 Å². The minimum Gasteiger partial charge on any atom is -0.394 e. The molecule has 0 spiro atoms. The summed E-state index contributed by atoms with van der Waals surface area (Å²) < 4.78 is 37.2. The van der Waals surface area contributed by atoms with Gasteiger partial charge in [-0.3, -0.25) is 4.90 Å². The largest absolute Gasteiger partial charge is 0.401 e. The average molecular weight is 290 g/mol. The highest BCUT2D eigenvalue weighted by atomic mass is 19.4. The van der Waals surface area contributed by atoms with Crippen molar-refractivity contribution in [3.63, 3.8) is 0 Å². The van der Waals surface area contributed by atoms with E-state index in [1.165, 1.54) is 4.90 Å². The predicted molar refractivity (Wildman–Crippen MR) is 72.2 cm³/mol. The van der Waals surface area contributed by atoms with E-state index in [1.807, 2.05) is 6.07 Å². The molecule has 0 heterocycles. The van der Waals surface area contributed by atoms with Gasteiger partial charge in [0.25, 0.3) is 0 Å². The van der Waals surface area contributed by atoms with E-state index in [0.29, 0.717) is 0 Å². The van der Waals surface area contributed by atoms with Crippen LogP contribution in [0.1, 0.15) is 18.9 Å². The quantitative estimate of drug-likeness (QED) is 0.808. The maximum Gasteiger partial charge on any atom is 0.401 e. The molecule has 0 saturated heterocycles. The number of rotatable bonds is 7. The van der Waals surface area contributed by atoms with Gasteiger partial charge >= 0.3 is 6.18 Å². The summed E-state index contributed by atoms with van der Waals surface area (Å²) in [5.74, 6) is 0. The van der Waals surface area contributed by atoms with Crippen molar-refractivity contribution in [2.75, 3.05) is 26.2 Å². The van der Waals surface area contributed by atoms with Crippen molar-refractivity contribution in [3.05, 3.63) is 35.9 Å². The zero-order valence-corrected chi connectivity index (χ0v) is 11.5. The van der Waals surface area contributed by atoms with Gasteiger partial charge in [-0.05, 0) is 18.5 Å². The standard InChI is InChI=1S/C14H21F3N2O/c1-2-19(10-14(15,16)17)9-8-13(18,11-20)12-6-4-3-5-7-12/h3-7,20H,2,8-11,18H2,1H3. The fraction of sp³-hybridized carbons (Fsp3) is 0.571. The molecule has 0 amide bonds. The van der Waals surface area contributed by atoms with Crippen molar-refractivity contribution in [1.82, 2.24) is 4.90 Å². The number of aliphatic hydroxyl groups excluding tert-OH is 1. The fourth-order valence-corrected chi connectivity index (χ4v) is 2.04. The molecular formula is C14H21F3N2O. The number of benzene rings is 1. The smallest absolute Gasteiger partial charge is 0.394 e. The van der Waals surface area contributed by atoms with E-state index in [-0.39, 0.29) is 26.1 Å². The molecule has 0 fully saturated rings. The van der Waals surface area contributed by atoms with E-state index in [9.17, 15) is 18.3 Å². The van der Waals surface area contributed by atoms with Gasteiger partial charge in [0, 0.05) is 6.54 Å². The van der Waals surface area contributed by atoms with Crippen LogP contribution in [0.25, 0.3) is 0 Å². The Hall–Kier alpha value is -1.11. The Balaban J connectivity index is 2.69. The molecule has 0 bridgehead atoms. The lowest BCUT2D eigenvalue weighted by molar-refractivity contribution is -0.146. The molecule has 0 radical (unpaired) electrons. The van der Waals surface area contributed by atoms with E-state index in [0.717, 1.165) is 5.56 Å². The van der Waals surface area contributed by atoms with Crippen LogP contribution in [-0.4, -0.2) is 42.4 Å². The molecule has 0 aliphatic heterocycles. The molecule has 0 aliphatic carbocycles. The third-order valence-corrected chi connectivity index (χ3v) is 3.36. The predicted octanol–water partition coefficient (Wildman–Crippen LogP) is 2.11. The van der Waals surface area contributed by atoms with Crippen molar-refractivity contribution < 1.29 is 18.3 Å². The highest BCUT2D eigenvalue weighted by Gasteiger charge is 2.32. The van der Waals surface area contributed by atoms with Crippen LogP contribution in [-0.2, 0) is 5.54 Å². The van der Waals surface area contributed by atoms with E-state index >= 15 is 0 Å². The molecule has 1 rings (SSSR count). The molecule has 3 nitrogen and oxygen atoms in total. The first kappa shape index (κ1) is 16.9. The Morgan fingerprint density at radius 1 is 1.20 bits per heavy atom. The highest BCUT2D eigenvalue weighted by Crippen LogP contribution is 2.23. The summed E-state index contributed by atoms with van der Waals surface area (Å²) in [5, 5.41) is 9.49. The number of alkyl halides is 3. The lowest BCUT2D eigenvalue weighted by atomic mass is 9.88. The van der Waals surface area contributed by atoms with Gasteiger partial charge < -0.3 is 10.8 Å². The lowest BCUT2D eigenvalue weighted by Crippen LogP contribution is -2.45. The van der Waals surface area contributed by atoms with Gasteiger partial charge in [-0.1, -0.05) is 37.3 Å². The van der Waals surface area contributed by atoms with Crippen LogP contribution >= 0.6 is 0 Å². The van der Waals surface area contributed by atoms with Gasteiger partial charge in [0.15, 0.2) is 0 Å². The Morgan fingerprint density at radius 2 is 1.80 bits per heavy atom. The monoisotopic (exact) mass is 290 g/mol. The maximum absolute atomic E-state index is 12.4. The van der Waals surface area contributed by atoms with E-state index in [2.05, 4.69) is 0 Å². The first-order valence-electron chi connectivity index (χ1n) is 6.55. The summed E-state index contributed by atoms with van der Waals surface area (Å²) in [5.41, 5.74) is 5.84. The molecule has 0 aliphatic rings. The summed E-state index contributed by atoms with van der Waals surface area (Å²) in [6.07, 6.45) is -3.96. The van der Waals surface area contributed by atoms with E-state index in [4.69, 9.17) is 5.73 Å². The zero-order chi connectivity index (χ0) is 15.2. The normalized spacial score (nSPS) is 15.3. The number of hydrogen-bond acceptors (Lipinski definition) is 3. The van der Waals surface area contributed by atoms with Gasteiger partial charge in [-0.25, -0.2) is 0 Å². The lowest BCUT2D eigenvalue weighted by Gasteiger charge is -2.31. The Morgan fingerprint density at radius 3 is 2.25 bits per heavy atom. The van der Waals surface area contributed by atoms with Gasteiger partial charge in [-0.2, -0.15) is 13.2 Å². The molecule has 3 N–H and O–H groups in total. The Labute approximate surface area is 117 Å². The minimum absolute atomic E-state index is 0.183. The molecular weight excluding hydrogens is 269 g/mol. The summed E-state index contributed by atoms with van der Waals surface area (Å²) in [6, 6.07) is 8.95. The second-order valence-corrected chi connectivity index (χ2v) is 4.91. The van der Waals surface area contributed by atoms with Crippen LogP contribution < -0.4 is 5.73 Å². The summed E-state index contributed by atoms with van der Waals surface area (Å²) in [6.45, 7) is 0.879. The SMILES string of the molecule is CCN(CCC(N)(CO)c1ccccc1)CC(F)(F)F. The number of nitrogens with zero attached hydrogens (tertiary/aromatic N) is 1. The second kappa shape index (κ2) is 7.06. The Bertz CT molecular complexity index is 397. The first-order valence-corrected chi connectivity index (χ1v) is 6.55. The molecule has 1 aromatic carbocycles. The summed E-state index contributed by atoms with van der Waals surface area (Å²) in [4.78, 5) is 1.28. The van der Waals surface area contributed by atoms with Crippen LogP contribution in [0.3, 0.4) is 0 Å². The topological polar surface area (TPSA) is 49.5 Å². The van der Waals surface area contributed by atoms with Gasteiger partial charge in [0.2, 0.25) is 0 Å². The molecule has 6 heteroatoms. The van der Waals surface area contributed by atoms with Gasteiger partial charge in [-0.15, -0.1) is 0 Å². The van der Waals surface area contributed by atoms with Crippen molar-refractivity contribution in [1.29, 1.82) is 0 Å². The van der Waals surface area contributed by atoms with Gasteiger partial charge in [0.05, 0.1) is 18.7 Å².